The number of rotatable bonds is 4. The highest BCUT2D eigenvalue weighted by Crippen LogP contribution is 2.34. The first-order valence-corrected chi connectivity index (χ1v) is 9.47. The molecule has 0 spiro atoms. The van der Waals surface area contributed by atoms with Gasteiger partial charge in [-0.2, -0.15) is 0 Å². The van der Waals surface area contributed by atoms with Crippen LogP contribution in [0.4, 0.5) is 11.4 Å². The fourth-order valence-corrected chi connectivity index (χ4v) is 4.39. The van der Waals surface area contributed by atoms with Crippen molar-refractivity contribution >= 4 is 27.3 Å². The molecule has 2 aromatic carbocycles. The zero-order valence-electron chi connectivity index (χ0n) is 13.5. The van der Waals surface area contributed by atoms with Gasteiger partial charge in [0.15, 0.2) is 0 Å². The fraction of sp³-hybridized carbons (Fsp3) is 0.278. The van der Waals surface area contributed by atoms with Gasteiger partial charge in [0.2, 0.25) is 5.91 Å². The number of carbonyl (C=O) groups excluding carboxylic acids is 1. The Labute approximate surface area is 142 Å². The van der Waals surface area contributed by atoms with Crippen molar-refractivity contribution in [3.8, 4) is 0 Å². The number of benzene rings is 2. The Bertz CT molecular complexity index is 848. The quantitative estimate of drug-likeness (QED) is 0.926. The normalized spacial score (nSPS) is 14.1. The first kappa shape index (κ1) is 16.5. The molecule has 5 nitrogen and oxygen atoms in total. The SMILES string of the molecule is CCC(=O)Nc1ccc2c(c1)N(S(=O)(=O)c1ccccc1)CCC2. The van der Waals surface area contributed by atoms with Crippen LogP contribution in [0, 0.1) is 0 Å². The van der Waals surface area contributed by atoms with E-state index in [1.165, 1.54) is 4.31 Å². The molecule has 0 unspecified atom stereocenters. The molecule has 126 valence electrons. The van der Waals surface area contributed by atoms with Gasteiger partial charge in [-0.15, -0.1) is 0 Å². The molecular weight excluding hydrogens is 324 g/mol. The van der Waals surface area contributed by atoms with Gasteiger partial charge in [-0.05, 0) is 42.7 Å². The molecule has 0 atom stereocenters. The van der Waals surface area contributed by atoms with E-state index in [4.69, 9.17) is 0 Å². The summed E-state index contributed by atoms with van der Waals surface area (Å²) in [6.45, 7) is 2.22. The highest BCUT2D eigenvalue weighted by Gasteiger charge is 2.29. The van der Waals surface area contributed by atoms with Crippen molar-refractivity contribution in [2.24, 2.45) is 0 Å². The molecule has 0 aliphatic carbocycles. The smallest absolute Gasteiger partial charge is 0.264 e. The summed E-state index contributed by atoms with van der Waals surface area (Å²) in [6, 6.07) is 13.9. The monoisotopic (exact) mass is 344 g/mol. The lowest BCUT2D eigenvalue weighted by atomic mass is 10.0. The van der Waals surface area contributed by atoms with E-state index in [9.17, 15) is 13.2 Å². The molecule has 1 N–H and O–H groups in total. The average Bonchev–Trinajstić information content (AvgIpc) is 2.61. The van der Waals surface area contributed by atoms with Crippen LogP contribution in [0.3, 0.4) is 0 Å². The van der Waals surface area contributed by atoms with Crippen LogP contribution in [-0.2, 0) is 21.2 Å². The summed E-state index contributed by atoms with van der Waals surface area (Å²) < 4.78 is 27.4. The average molecular weight is 344 g/mol. The number of nitrogens with one attached hydrogen (secondary N) is 1. The second-order valence-electron chi connectivity index (χ2n) is 5.74. The van der Waals surface area contributed by atoms with Crippen LogP contribution in [0.15, 0.2) is 53.4 Å². The Morgan fingerprint density at radius 2 is 1.92 bits per heavy atom. The molecular formula is C18H20N2O3S. The third-order valence-corrected chi connectivity index (χ3v) is 5.92. The molecule has 2 aromatic rings. The van der Waals surface area contributed by atoms with Gasteiger partial charge in [0, 0.05) is 18.7 Å². The second-order valence-corrected chi connectivity index (χ2v) is 7.60. The van der Waals surface area contributed by atoms with Gasteiger partial charge in [0.1, 0.15) is 0 Å². The number of sulfonamides is 1. The highest BCUT2D eigenvalue weighted by atomic mass is 32.2. The Kier molecular flexibility index (Phi) is 4.57. The van der Waals surface area contributed by atoms with E-state index in [0.29, 0.717) is 24.3 Å². The Morgan fingerprint density at radius 1 is 1.17 bits per heavy atom. The van der Waals surface area contributed by atoms with Gasteiger partial charge in [-0.25, -0.2) is 8.42 Å². The van der Waals surface area contributed by atoms with E-state index in [1.54, 1.807) is 43.3 Å². The number of fused-ring (bicyclic) bond motifs is 1. The number of hydrogen-bond donors (Lipinski definition) is 1. The van der Waals surface area contributed by atoms with Crippen LogP contribution in [0.25, 0.3) is 0 Å². The summed E-state index contributed by atoms with van der Waals surface area (Å²) >= 11 is 0. The maximum Gasteiger partial charge on any atom is 0.264 e. The van der Waals surface area contributed by atoms with Crippen molar-refractivity contribution in [2.45, 2.75) is 31.1 Å². The number of anilines is 2. The fourth-order valence-electron chi connectivity index (χ4n) is 2.84. The molecule has 0 bridgehead atoms. The molecule has 0 saturated heterocycles. The number of amides is 1. The topological polar surface area (TPSA) is 66.5 Å². The predicted octanol–water partition coefficient (Wildman–Crippen LogP) is 3.18. The third-order valence-electron chi connectivity index (χ3n) is 4.10. The molecule has 0 aromatic heterocycles. The van der Waals surface area contributed by atoms with Crippen LogP contribution in [-0.4, -0.2) is 20.9 Å². The van der Waals surface area contributed by atoms with E-state index >= 15 is 0 Å². The minimum Gasteiger partial charge on any atom is -0.326 e. The standard InChI is InChI=1S/C18H20N2O3S/c1-2-18(21)19-15-11-10-14-7-6-12-20(17(14)13-15)24(22,23)16-8-4-3-5-9-16/h3-5,8-11,13H,2,6-7,12H2,1H3,(H,19,21). The first-order chi connectivity index (χ1) is 11.5. The Balaban J connectivity index is 2.01. The van der Waals surface area contributed by atoms with Crippen molar-refractivity contribution in [1.82, 2.24) is 0 Å². The Hall–Kier alpha value is -2.34. The lowest BCUT2D eigenvalue weighted by Crippen LogP contribution is -2.35. The molecule has 1 aliphatic rings. The number of carbonyl (C=O) groups is 1. The van der Waals surface area contributed by atoms with Gasteiger partial charge in [0.25, 0.3) is 10.0 Å². The van der Waals surface area contributed by atoms with Crippen molar-refractivity contribution < 1.29 is 13.2 Å². The molecule has 0 radical (unpaired) electrons. The summed E-state index contributed by atoms with van der Waals surface area (Å²) in [7, 11) is -3.61. The minimum absolute atomic E-state index is 0.0942. The number of nitrogens with zero attached hydrogens (tertiary/aromatic N) is 1. The summed E-state index contributed by atoms with van der Waals surface area (Å²) in [6.07, 6.45) is 1.99. The van der Waals surface area contributed by atoms with Crippen molar-refractivity contribution in [3.05, 3.63) is 54.1 Å². The molecule has 1 heterocycles. The summed E-state index contributed by atoms with van der Waals surface area (Å²) in [5.74, 6) is -0.0942. The number of hydrogen-bond acceptors (Lipinski definition) is 3. The molecule has 1 aliphatic heterocycles. The second kappa shape index (κ2) is 6.65. The van der Waals surface area contributed by atoms with E-state index in [-0.39, 0.29) is 10.8 Å². The largest absolute Gasteiger partial charge is 0.326 e. The maximum absolute atomic E-state index is 13.0. The van der Waals surface area contributed by atoms with Gasteiger partial charge in [-0.3, -0.25) is 9.10 Å². The van der Waals surface area contributed by atoms with Crippen LogP contribution in [0.1, 0.15) is 25.3 Å². The summed E-state index contributed by atoms with van der Waals surface area (Å²) in [5, 5.41) is 2.79. The van der Waals surface area contributed by atoms with Crippen LogP contribution < -0.4 is 9.62 Å². The summed E-state index contributed by atoms with van der Waals surface area (Å²) in [5.41, 5.74) is 2.25. The number of aryl methyl sites for hydroxylation is 1. The van der Waals surface area contributed by atoms with Crippen molar-refractivity contribution in [3.63, 3.8) is 0 Å². The lowest BCUT2D eigenvalue weighted by molar-refractivity contribution is -0.115. The minimum atomic E-state index is -3.61. The zero-order chi connectivity index (χ0) is 17.2. The predicted molar refractivity (Wildman–Crippen MR) is 94.7 cm³/mol. The van der Waals surface area contributed by atoms with Crippen LogP contribution in [0.2, 0.25) is 0 Å². The molecule has 24 heavy (non-hydrogen) atoms. The third kappa shape index (κ3) is 3.14. The van der Waals surface area contributed by atoms with Crippen molar-refractivity contribution in [1.29, 1.82) is 0 Å². The highest BCUT2D eigenvalue weighted by molar-refractivity contribution is 7.92. The maximum atomic E-state index is 13.0. The molecule has 3 rings (SSSR count). The zero-order valence-corrected chi connectivity index (χ0v) is 14.3. The van der Waals surface area contributed by atoms with E-state index in [2.05, 4.69) is 5.32 Å². The van der Waals surface area contributed by atoms with Gasteiger partial charge in [-0.1, -0.05) is 31.2 Å². The Morgan fingerprint density at radius 3 is 2.62 bits per heavy atom. The lowest BCUT2D eigenvalue weighted by Gasteiger charge is -2.31. The van der Waals surface area contributed by atoms with Crippen molar-refractivity contribution in [2.75, 3.05) is 16.2 Å². The first-order valence-electron chi connectivity index (χ1n) is 8.03. The molecule has 0 fully saturated rings. The van der Waals surface area contributed by atoms with Gasteiger partial charge < -0.3 is 5.32 Å². The van der Waals surface area contributed by atoms with E-state index in [1.807, 2.05) is 12.1 Å². The molecule has 1 amide bonds. The summed E-state index contributed by atoms with van der Waals surface area (Å²) in [4.78, 5) is 11.9. The van der Waals surface area contributed by atoms with E-state index < -0.39 is 10.0 Å². The molecule has 6 heteroatoms. The molecule has 0 saturated carbocycles. The van der Waals surface area contributed by atoms with E-state index in [0.717, 1.165) is 18.4 Å². The van der Waals surface area contributed by atoms with Gasteiger partial charge >= 0.3 is 0 Å². The van der Waals surface area contributed by atoms with Crippen LogP contribution >= 0.6 is 0 Å². The van der Waals surface area contributed by atoms with Gasteiger partial charge in [0.05, 0.1) is 10.6 Å². The van der Waals surface area contributed by atoms with Crippen LogP contribution in [0.5, 0.6) is 0 Å².